The van der Waals surface area contributed by atoms with Gasteiger partial charge in [0.15, 0.2) is 0 Å². The minimum atomic E-state index is -0.211. The zero-order valence-corrected chi connectivity index (χ0v) is 15.2. The van der Waals surface area contributed by atoms with Crippen LogP contribution in [-0.4, -0.2) is 60.9 Å². The molecule has 0 atom stereocenters. The fourth-order valence-electron chi connectivity index (χ4n) is 2.95. The minimum absolute atomic E-state index is 0.0157. The lowest BCUT2D eigenvalue weighted by atomic mass is 10.1. The van der Waals surface area contributed by atoms with E-state index >= 15 is 0 Å². The molecule has 1 N–H and O–H groups in total. The van der Waals surface area contributed by atoms with Gasteiger partial charge in [0, 0.05) is 31.7 Å². The molecule has 2 heterocycles. The summed E-state index contributed by atoms with van der Waals surface area (Å²) >= 11 is 1.63. The van der Waals surface area contributed by atoms with E-state index in [1.807, 2.05) is 34.5 Å². The van der Waals surface area contributed by atoms with E-state index in [4.69, 9.17) is 0 Å². The predicted octanol–water partition coefficient (Wildman–Crippen LogP) is 2.31. The van der Waals surface area contributed by atoms with Gasteiger partial charge in [0.05, 0.1) is 6.54 Å². The molecule has 0 unspecified atom stereocenters. The van der Waals surface area contributed by atoms with Crippen molar-refractivity contribution in [3.63, 3.8) is 0 Å². The summed E-state index contributed by atoms with van der Waals surface area (Å²) in [6.45, 7) is 6.46. The molecule has 0 saturated carbocycles. The largest absolute Gasteiger partial charge is 0.343 e. The smallest absolute Gasteiger partial charge is 0.251 e. The van der Waals surface area contributed by atoms with Crippen LogP contribution in [0.1, 0.15) is 17.3 Å². The zero-order chi connectivity index (χ0) is 17.6. The van der Waals surface area contributed by atoms with Gasteiger partial charge in [0.25, 0.3) is 5.91 Å². The number of hydrogen-bond acceptors (Lipinski definition) is 4. The molecule has 0 radical (unpaired) electrons. The molecular weight excluding hydrogens is 334 g/mol. The van der Waals surface area contributed by atoms with Gasteiger partial charge in [-0.05, 0) is 46.6 Å². The number of amides is 2. The third-order valence-corrected chi connectivity index (χ3v) is 5.23. The van der Waals surface area contributed by atoms with E-state index in [-0.39, 0.29) is 18.4 Å². The number of thiophene rings is 1. The maximum Gasteiger partial charge on any atom is 0.251 e. The molecule has 2 amide bonds. The van der Waals surface area contributed by atoms with Crippen LogP contribution in [0.3, 0.4) is 0 Å². The van der Waals surface area contributed by atoms with E-state index < -0.39 is 0 Å². The Kier molecular flexibility index (Phi) is 5.83. The molecule has 0 bridgehead atoms. The van der Waals surface area contributed by atoms with Crippen molar-refractivity contribution in [2.45, 2.75) is 6.92 Å². The maximum atomic E-state index is 12.4. The van der Waals surface area contributed by atoms with E-state index in [0.717, 1.165) is 43.9 Å². The van der Waals surface area contributed by atoms with Crippen LogP contribution in [0.15, 0.2) is 41.1 Å². The fourth-order valence-corrected chi connectivity index (χ4v) is 3.62. The van der Waals surface area contributed by atoms with E-state index in [2.05, 4.69) is 22.5 Å². The monoisotopic (exact) mass is 357 g/mol. The normalized spacial score (nSPS) is 15.2. The summed E-state index contributed by atoms with van der Waals surface area (Å²) in [5, 5.41) is 6.82. The van der Waals surface area contributed by atoms with Crippen LogP contribution in [-0.2, 0) is 4.79 Å². The lowest BCUT2D eigenvalue weighted by Gasteiger charge is -2.34. The second-order valence-electron chi connectivity index (χ2n) is 6.09. The summed E-state index contributed by atoms with van der Waals surface area (Å²) < 4.78 is 0. The predicted molar refractivity (Wildman–Crippen MR) is 101 cm³/mol. The second kappa shape index (κ2) is 8.27. The van der Waals surface area contributed by atoms with Crippen molar-refractivity contribution in [2.75, 3.05) is 39.3 Å². The molecule has 0 spiro atoms. The Labute approximate surface area is 152 Å². The van der Waals surface area contributed by atoms with Gasteiger partial charge in [-0.25, -0.2) is 0 Å². The zero-order valence-electron chi connectivity index (χ0n) is 14.4. The second-order valence-corrected chi connectivity index (χ2v) is 6.87. The molecule has 0 aliphatic carbocycles. The van der Waals surface area contributed by atoms with E-state index in [1.165, 1.54) is 0 Å². The van der Waals surface area contributed by atoms with Crippen LogP contribution in [0.5, 0.6) is 0 Å². The van der Waals surface area contributed by atoms with Crippen LogP contribution in [0.2, 0.25) is 0 Å². The first-order chi connectivity index (χ1) is 12.2. The van der Waals surface area contributed by atoms with Crippen LogP contribution in [0.25, 0.3) is 11.1 Å². The molecular formula is C19H23N3O2S. The number of nitrogens with one attached hydrogen (secondary N) is 1. The lowest BCUT2D eigenvalue weighted by molar-refractivity contribution is -0.131. The molecule has 6 heteroatoms. The highest BCUT2D eigenvalue weighted by molar-refractivity contribution is 7.08. The SMILES string of the molecule is CCN1CCN(C(=O)CNC(=O)c2cccc(-c3ccsc3)c2)CC1. The van der Waals surface area contributed by atoms with Gasteiger partial charge in [-0.2, -0.15) is 11.3 Å². The van der Waals surface area contributed by atoms with Gasteiger partial charge in [0.1, 0.15) is 0 Å². The summed E-state index contributed by atoms with van der Waals surface area (Å²) in [6, 6.07) is 9.52. The van der Waals surface area contributed by atoms with Gasteiger partial charge < -0.3 is 15.1 Å². The van der Waals surface area contributed by atoms with Gasteiger partial charge in [-0.1, -0.05) is 19.1 Å². The third kappa shape index (κ3) is 4.46. The number of piperazine rings is 1. The Bertz CT molecular complexity index is 722. The lowest BCUT2D eigenvalue weighted by Crippen LogP contribution is -2.51. The minimum Gasteiger partial charge on any atom is -0.343 e. The van der Waals surface area contributed by atoms with Crippen molar-refractivity contribution in [3.05, 3.63) is 46.7 Å². The van der Waals surface area contributed by atoms with Gasteiger partial charge in [0.2, 0.25) is 5.91 Å². The number of benzene rings is 1. The average molecular weight is 357 g/mol. The number of carbonyl (C=O) groups is 2. The maximum absolute atomic E-state index is 12.4. The fraction of sp³-hybridized carbons (Fsp3) is 0.368. The molecule has 1 saturated heterocycles. The summed E-state index contributed by atoms with van der Waals surface area (Å²) in [4.78, 5) is 28.8. The molecule has 1 aromatic heterocycles. The van der Waals surface area contributed by atoms with E-state index in [9.17, 15) is 9.59 Å². The van der Waals surface area contributed by atoms with Crippen molar-refractivity contribution in [1.29, 1.82) is 0 Å². The Balaban J connectivity index is 1.54. The van der Waals surface area contributed by atoms with Crippen molar-refractivity contribution >= 4 is 23.2 Å². The highest BCUT2D eigenvalue weighted by atomic mass is 32.1. The Morgan fingerprint density at radius 1 is 1.12 bits per heavy atom. The van der Waals surface area contributed by atoms with E-state index in [0.29, 0.717) is 5.56 Å². The van der Waals surface area contributed by atoms with E-state index in [1.54, 1.807) is 17.4 Å². The number of carbonyl (C=O) groups excluding carboxylic acids is 2. The Morgan fingerprint density at radius 2 is 1.92 bits per heavy atom. The molecule has 1 aliphatic rings. The van der Waals surface area contributed by atoms with Crippen molar-refractivity contribution in [3.8, 4) is 11.1 Å². The first kappa shape index (κ1) is 17.6. The van der Waals surface area contributed by atoms with Gasteiger partial charge >= 0.3 is 0 Å². The van der Waals surface area contributed by atoms with Crippen LogP contribution < -0.4 is 5.32 Å². The van der Waals surface area contributed by atoms with Crippen molar-refractivity contribution in [1.82, 2.24) is 15.1 Å². The summed E-state index contributed by atoms with van der Waals surface area (Å²) in [7, 11) is 0. The molecule has 2 aromatic rings. The van der Waals surface area contributed by atoms with Crippen molar-refractivity contribution in [2.24, 2.45) is 0 Å². The third-order valence-electron chi connectivity index (χ3n) is 4.55. The first-order valence-electron chi connectivity index (χ1n) is 8.58. The first-order valence-corrected chi connectivity index (χ1v) is 9.52. The summed E-state index contributed by atoms with van der Waals surface area (Å²) in [5.41, 5.74) is 2.69. The molecule has 25 heavy (non-hydrogen) atoms. The van der Waals surface area contributed by atoms with Crippen LogP contribution in [0, 0.1) is 0 Å². The molecule has 132 valence electrons. The summed E-state index contributed by atoms with van der Waals surface area (Å²) in [5.74, 6) is -0.226. The van der Waals surface area contributed by atoms with Gasteiger partial charge in [-0.3, -0.25) is 9.59 Å². The highest BCUT2D eigenvalue weighted by Crippen LogP contribution is 2.22. The number of rotatable bonds is 5. The van der Waals surface area contributed by atoms with Gasteiger partial charge in [-0.15, -0.1) is 0 Å². The summed E-state index contributed by atoms with van der Waals surface area (Å²) in [6.07, 6.45) is 0. The molecule has 1 aromatic carbocycles. The molecule has 3 rings (SSSR count). The quantitative estimate of drug-likeness (QED) is 0.893. The molecule has 1 fully saturated rings. The highest BCUT2D eigenvalue weighted by Gasteiger charge is 2.20. The number of nitrogens with zero attached hydrogens (tertiary/aromatic N) is 2. The molecule has 1 aliphatic heterocycles. The van der Waals surface area contributed by atoms with Crippen molar-refractivity contribution < 1.29 is 9.59 Å². The topological polar surface area (TPSA) is 52.6 Å². The average Bonchev–Trinajstić information content (AvgIpc) is 3.21. The Hall–Kier alpha value is -2.18. The van der Waals surface area contributed by atoms with Crippen LogP contribution in [0.4, 0.5) is 0 Å². The Morgan fingerprint density at radius 3 is 2.60 bits per heavy atom. The van der Waals surface area contributed by atoms with Crippen LogP contribution >= 0.6 is 11.3 Å². The standard InChI is InChI=1S/C19H23N3O2S/c1-2-21-7-9-22(10-8-21)18(23)13-20-19(24)16-5-3-4-15(12-16)17-6-11-25-14-17/h3-6,11-12,14H,2,7-10,13H2,1H3,(H,20,24). The number of likely N-dealkylation sites (N-methyl/N-ethyl adjacent to an activating group) is 1. The number of hydrogen-bond donors (Lipinski definition) is 1. The molecule has 5 nitrogen and oxygen atoms in total.